The predicted octanol–water partition coefficient (Wildman–Crippen LogP) is 1.57. The van der Waals surface area contributed by atoms with E-state index in [1.807, 2.05) is 12.1 Å². The van der Waals surface area contributed by atoms with E-state index in [0.29, 0.717) is 0 Å². The number of hydrogen-bond donors (Lipinski definition) is 2. The van der Waals surface area contributed by atoms with Crippen LogP contribution >= 0.6 is 0 Å². The molecule has 20 heavy (non-hydrogen) atoms. The molecule has 4 heteroatoms. The number of likely N-dealkylation sites (tertiary alicyclic amines) is 1. The standard InChI is InChI=1S/C16H25NO3/c1-12-13(5-3-7-16(12)20-2)9-17-8-4-6-14(10-18)15(17)11-19/h3,5,7,14-15,18-19H,4,6,8-11H2,1-2H3/t14-,15+/m0/s1. The molecule has 0 radical (unpaired) electrons. The second-order valence-electron chi connectivity index (χ2n) is 5.55. The molecule has 2 N–H and O–H groups in total. The summed E-state index contributed by atoms with van der Waals surface area (Å²) >= 11 is 0. The van der Waals surface area contributed by atoms with Crippen LogP contribution in [-0.4, -0.2) is 48.0 Å². The van der Waals surface area contributed by atoms with Gasteiger partial charge in [0.25, 0.3) is 0 Å². The lowest BCUT2D eigenvalue weighted by Crippen LogP contribution is -2.48. The summed E-state index contributed by atoms with van der Waals surface area (Å²) in [6.07, 6.45) is 2.07. The zero-order valence-electron chi connectivity index (χ0n) is 12.4. The summed E-state index contributed by atoms with van der Waals surface area (Å²) in [4.78, 5) is 2.28. The topological polar surface area (TPSA) is 52.9 Å². The summed E-state index contributed by atoms with van der Waals surface area (Å²) in [5.74, 6) is 1.08. The van der Waals surface area contributed by atoms with Crippen LogP contribution in [0.25, 0.3) is 0 Å². The normalized spacial score (nSPS) is 23.8. The van der Waals surface area contributed by atoms with Gasteiger partial charge in [-0.1, -0.05) is 12.1 Å². The molecule has 1 aromatic rings. The van der Waals surface area contributed by atoms with Crippen molar-refractivity contribution in [1.29, 1.82) is 0 Å². The fourth-order valence-electron chi connectivity index (χ4n) is 3.16. The molecule has 0 saturated carbocycles. The van der Waals surface area contributed by atoms with Crippen molar-refractivity contribution in [3.63, 3.8) is 0 Å². The molecule has 2 atom stereocenters. The maximum Gasteiger partial charge on any atom is 0.122 e. The van der Waals surface area contributed by atoms with Crippen LogP contribution in [0.3, 0.4) is 0 Å². The van der Waals surface area contributed by atoms with Gasteiger partial charge in [0.15, 0.2) is 0 Å². The van der Waals surface area contributed by atoms with Crippen molar-refractivity contribution in [1.82, 2.24) is 4.90 Å². The average Bonchev–Trinajstić information content (AvgIpc) is 2.49. The third-order valence-corrected chi connectivity index (χ3v) is 4.44. The van der Waals surface area contributed by atoms with Crippen LogP contribution in [0.5, 0.6) is 5.75 Å². The van der Waals surface area contributed by atoms with Crippen LogP contribution in [0.15, 0.2) is 18.2 Å². The van der Waals surface area contributed by atoms with Crippen molar-refractivity contribution >= 4 is 0 Å². The summed E-state index contributed by atoms with van der Waals surface area (Å²) in [6.45, 7) is 4.09. The highest BCUT2D eigenvalue weighted by molar-refractivity contribution is 5.39. The fraction of sp³-hybridized carbons (Fsp3) is 0.625. The number of ether oxygens (including phenoxy) is 1. The summed E-state index contributed by atoms with van der Waals surface area (Å²) in [5.41, 5.74) is 2.37. The summed E-state index contributed by atoms with van der Waals surface area (Å²) < 4.78 is 5.36. The minimum atomic E-state index is 0.0550. The molecular weight excluding hydrogens is 254 g/mol. The SMILES string of the molecule is COc1cccc(CN2CCC[C@@H](CO)[C@H]2CO)c1C. The number of aliphatic hydroxyl groups excluding tert-OH is 2. The van der Waals surface area contributed by atoms with E-state index in [9.17, 15) is 10.2 Å². The number of benzene rings is 1. The average molecular weight is 279 g/mol. The van der Waals surface area contributed by atoms with Gasteiger partial charge >= 0.3 is 0 Å². The molecule has 0 aromatic heterocycles. The van der Waals surface area contributed by atoms with Crippen molar-refractivity contribution in [3.05, 3.63) is 29.3 Å². The molecule has 112 valence electrons. The molecular formula is C16H25NO3. The minimum absolute atomic E-state index is 0.0550. The largest absolute Gasteiger partial charge is 0.496 e. The highest BCUT2D eigenvalue weighted by Crippen LogP contribution is 2.27. The molecule has 0 aliphatic carbocycles. The van der Waals surface area contributed by atoms with Crippen molar-refractivity contribution in [2.45, 2.75) is 32.4 Å². The summed E-state index contributed by atoms with van der Waals surface area (Å²) in [7, 11) is 1.69. The van der Waals surface area contributed by atoms with E-state index in [1.54, 1.807) is 7.11 Å². The lowest BCUT2D eigenvalue weighted by molar-refractivity contribution is 0.0160. The first-order valence-corrected chi connectivity index (χ1v) is 7.29. The third kappa shape index (κ3) is 3.14. The van der Waals surface area contributed by atoms with Gasteiger partial charge < -0.3 is 14.9 Å². The van der Waals surface area contributed by atoms with E-state index in [0.717, 1.165) is 37.2 Å². The van der Waals surface area contributed by atoms with Crippen molar-refractivity contribution < 1.29 is 14.9 Å². The zero-order chi connectivity index (χ0) is 14.5. The molecule has 1 aliphatic heterocycles. The monoisotopic (exact) mass is 279 g/mol. The molecule has 0 spiro atoms. The Morgan fingerprint density at radius 1 is 1.30 bits per heavy atom. The Labute approximate surface area is 121 Å². The quantitative estimate of drug-likeness (QED) is 0.859. The summed E-state index contributed by atoms with van der Waals surface area (Å²) in [6, 6.07) is 6.13. The first-order valence-electron chi connectivity index (χ1n) is 7.29. The molecule has 1 aromatic carbocycles. The Balaban J connectivity index is 2.15. The molecule has 0 bridgehead atoms. The van der Waals surface area contributed by atoms with Gasteiger partial charge in [-0.15, -0.1) is 0 Å². The van der Waals surface area contributed by atoms with Gasteiger partial charge in [-0.25, -0.2) is 0 Å². The predicted molar refractivity (Wildman–Crippen MR) is 78.8 cm³/mol. The van der Waals surface area contributed by atoms with Crippen molar-refractivity contribution in [2.24, 2.45) is 5.92 Å². The van der Waals surface area contributed by atoms with Gasteiger partial charge in [0.1, 0.15) is 5.75 Å². The van der Waals surface area contributed by atoms with E-state index in [-0.39, 0.29) is 25.2 Å². The van der Waals surface area contributed by atoms with Gasteiger partial charge in [0, 0.05) is 19.2 Å². The number of nitrogens with zero attached hydrogens (tertiary/aromatic N) is 1. The van der Waals surface area contributed by atoms with Crippen LogP contribution in [0, 0.1) is 12.8 Å². The molecule has 1 fully saturated rings. The van der Waals surface area contributed by atoms with Crippen molar-refractivity contribution in [2.75, 3.05) is 26.9 Å². The van der Waals surface area contributed by atoms with Gasteiger partial charge in [0.2, 0.25) is 0 Å². The first kappa shape index (κ1) is 15.3. The van der Waals surface area contributed by atoms with Crippen LogP contribution < -0.4 is 4.74 Å². The smallest absolute Gasteiger partial charge is 0.122 e. The molecule has 4 nitrogen and oxygen atoms in total. The Morgan fingerprint density at radius 2 is 2.10 bits per heavy atom. The highest BCUT2D eigenvalue weighted by Gasteiger charge is 2.30. The Hall–Kier alpha value is -1.10. The molecule has 1 saturated heterocycles. The molecule has 0 amide bonds. The Bertz CT molecular complexity index is 436. The second kappa shape index (κ2) is 7.07. The van der Waals surface area contributed by atoms with Crippen LogP contribution in [-0.2, 0) is 6.54 Å². The number of piperidine rings is 1. The number of rotatable bonds is 5. The number of aliphatic hydroxyl groups is 2. The Morgan fingerprint density at radius 3 is 2.75 bits per heavy atom. The third-order valence-electron chi connectivity index (χ3n) is 4.44. The van der Waals surface area contributed by atoms with E-state index in [4.69, 9.17) is 4.74 Å². The zero-order valence-corrected chi connectivity index (χ0v) is 12.4. The van der Waals surface area contributed by atoms with Crippen LogP contribution in [0.2, 0.25) is 0 Å². The lowest BCUT2D eigenvalue weighted by atomic mass is 9.89. The van der Waals surface area contributed by atoms with E-state index >= 15 is 0 Å². The van der Waals surface area contributed by atoms with Gasteiger partial charge in [-0.3, -0.25) is 4.90 Å². The minimum Gasteiger partial charge on any atom is -0.496 e. The maximum atomic E-state index is 9.63. The molecule has 0 unspecified atom stereocenters. The van der Waals surface area contributed by atoms with E-state index in [2.05, 4.69) is 17.9 Å². The molecule has 1 heterocycles. The van der Waals surface area contributed by atoms with Crippen LogP contribution in [0.4, 0.5) is 0 Å². The lowest BCUT2D eigenvalue weighted by Gasteiger charge is -2.40. The molecule has 2 rings (SSSR count). The Kier molecular flexibility index (Phi) is 5.40. The van der Waals surface area contributed by atoms with E-state index < -0.39 is 0 Å². The van der Waals surface area contributed by atoms with Gasteiger partial charge in [-0.2, -0.15) is 0 Å². The van der Waals surface area contributed by atoms with E-state index in [1.165, 1.54) is 5.56 Å². The molecule has 1 aliphatic rings. The first-order chi connectivity index (χ1) is 9.71. The van der Waals surface area contributed by atoms with Gasteiger partial charge in [0.05, 0.1) is 13.7 Å². The number of hydrogen-bond acceptors (Lipinski definition) is 4. The highest BCUT2D eigenvalue weighted by atomic mass is 16.5. The maximum absolute atomic E-state index is 9.63. The van der Waals surface area contributed by atoms with Crippen molar-refractivity contribution in [3.8, 4) is 5.75 Å². The second-order valence-corrected chi connectivity index (χ2v) is 5.55. The number of methoxy groups -OCH3 is 1. The fourth-order valence-corrected chi connectivity index (χ4v) is 3.16. The van der Waals surface area contributed by atoms with Crippen LogP contribution in [0.1, 0.15) is 24.0 Å². The van der Waals surface area contributed by atoms with Gasteiger partial charge in [-0.05, 0) is 49.4 Å². The summed E-state index contributed by atoms with van der Waals surface area (Å²) in [5, 5.41) is 19.1.